The minimum absolute atomic E-state index is 0.285. The highest BCUT2D eigenvalue weighted by Crippen LogP contribution is 2.33. The second kappa shape index (κ2) is 7.59. The van der Waals surface area contributed by atoms with Gasteiger partial charge in [0, 0.05) is 18.7 Å². The number of fused-ring (bicyclic) bond motifs is 1. The first-order valence-electron chi connectivity index (χ1n) is 7.67. The third kappa shape index (κ3) is 3.58. The van der Waals surface area contributed by atoms with Gasteiger partial charge in [-0.1, -0.05) is 29.9 Å². The normalized spacial score (nSPS) is 11.9. The zero-order valence-electron chi connectivity index (χ0n) is 14.0. The van der Waals surface area contributed by atoms with Gasteiger partial charge in [-0.25, -0.2) is 0 Å². The van der Waals surface area contributed by atoms with Gasteiger partial charge in [0.15, 0.2) is 16.3 Å². The molecule has 0 saturated heterocycles. The number of ether oxygens (including phenoxy) is 2. The fourth-order valence-corrected chi connectivity index (χ4v) is 4.49. The van der Waals surface area contributed by atoms with Crippen LogP contribution in [0.2, 0.25) is 4.34 Å². The van der Waals surface area contributed by atoms with Gasteiger partial charge in [0.1, 0.15) is 0 Å². The molecule has 0 aliphatic rings. The zero-order valence-corrected chi connectivity index (χ0v) is 16.4. The highest BCUT2D eigenvalue weighted by molar-refractivity contribution is 7.18. The topological polar surface area (TPSA) is 52.8 Å². The third-order valence-electron chi connectivity index (χ3n) is 3.62. The Balaban J connectivity index is 2.18. The Hall–Kier alpha value is -1.83. The average Bonchev–Trinajstić information content (AvgIpc) is 3.18. The van der Waals surface area contributed by atoms with Crippen LogP contribution in [0, 0.1) is 0 Å². The van der Waals surface area contributed by atoms with Gasteiger partial charge in [-0.05, 0) is 18.6 Å². The molecule has 0 aliphatic carbocycles. The van der Waals surface area contributed by atoms with E-state index in [9.17, 15) is 4.79 Å². The summed E-state index contributed by atoms with van der Waals surface area (Å²) in [7, 11) is 3.21. The second-order valence-corrected chi connectivity index (χ2v) is 7.96. The summed E-state index contributed by atoms with van der Waals surface area (Å²) in [5.74, 6) is 1.02. The van der Waals surface area contributed by atoms with E-state index in [-0.39, 0.29) is 5.91 Å². The molecule has 0 aliphatic heterocycles. The minimum Gasteiger partial charge on any atom is -0.493 e. The molecular formula is C17H17ClN2O3S2. The monoisotopic (exact) mass is 396 g/mol. The van der Waals surface area contributed by atoms with Crippen molar-refractivity contribution in [3.63, 3.8) is 0 Å². The molecule has 3 rings (SSSR count). The molecule has 5 nitrogen and oxygen atoms in total. The van der Waals surface area contributed by atoms with Gasteiger partial charge in [0.2, 0.25) is 0 Å². The molecule has 2 heterocycles. The van der Waals surface area contributed by atoms with Crippen molar-refractivity contribution in [1.29, 1.82) is 0 Å². The summed E-state index contributed by atoms with van der Waals surface area (Å²) in [5.41, 5.74) is 0.972. The fraction of sp³-hybridized carbons (Fsp3) is 0.294. The van der Waals surface area contributed by atoms with Crippen molar-refractivity contribution >= 4 is 50.4 Å². The van der Waals surface area contributed by atoms with Crippen LogP contribution in [0.5, 0.6) is 11.5 Å². The van der Waals surface area contributed by atoms with Crippen LogP contribution >= 0.6 is 34.3 Å². The van der Waals surface area contributed by atoms with E-state index in [4.69, 9.17) is 21.1 Å². The number of aryl methyl sites for hydroxylation is 1. The maximum Gasteiger partial charge on any atom is 0.289 e. The number of carbonyl (C=O) groups is 1. The van der Waals surface area contributed by atoms with Crippen LogP contribution in [0.1, 0.15) is 23.0 Å². The first-order chi connectivity index (χ1) is 12.1. The van der Waals surface area contributed by atoms with Crippen molar-refractivity contribution in [3.8, 4) is 11.5 Å². The second-order valence-electron chi connectivity index (χ2n) is 5.23. The fourth-order valence-electron chi connectivity index (χ4n) is 2.49. The van der Waals surface area contributed by atoms with Crippen LogP contribution in [0.15, 0.2) is 29.3 Å². The van der Waals surface area contributed by atoms with E-state index in [0.717, 1.165) is 23.2 Å². The van der Waals surface area contributed by atoms with E-state index in [1.54, 1.807) is 26.4 Å². The molecule has 0 radical (unpaired) electrons. The molecule has 0 spiro atoms. The Morgan fingerprint density at radius 2 is 1.92 bits per heavy atom. The number of hydrogen-bond acceptors (Lipinski definition) is 5. The molecular weight excluding hydrogens is 380 g/mol. The van der Waals surface area contributed by atoms with Gasteiger partial charge < -0.3 is 14.0 Å². The number of nitrogens with zero attached hydrogens (tertiary/aromatic N) is 2. The number of carbonyl (C=O) groups excluding carboxylic acids is 1. The average molecular weight is 397 g/mol. The Morgan fingerprint density at radius 1 is 1.20 bits per heavy atom. The number of hydrogen-bond donors (Lipinski definition) is 0. The number of thiazole rings is 1. The van der Waals surface area contributed by atoms with Crippen molar-refractivity contribution in [2.24, 2.45) is 4.99 Å². The van der Waals surface area contributed by atoms with Gasteiger partial charge in [-0.3, -0.25) is 4.79 Å². The first kappa shape index (κ1) is 18.0. The number of benzene rings is 1. The summed E-state index contributed by atoms with van der Waals surface area (Å²) in [4.78, 5) is 17.9. The lowest BCUT2D eigenvalue weighted by Gasteiger charge is -2.08. The Labute approximate surface area is 158 Å². The van der Waals surface area contributed by atoms with Crippen molar-refractivity contribution in [1.82, 2.24) is 4.57 Å². The third-order valence-corrected chi connectivity index (χ3v) is 5.88. The quantitative estimate of drug-likeness (QED) is 0.634. The first-order valence-corrected chi connectivity index (χ1v) is 9.68. The molecule has 1 aromatic carbocycles. The van der Waals surface area contributed by atoms with E-state index in [1.807, 2.05) is 16.7 Å². The van der Waals surface area contributed by atoms with E-state index in [0.29, 0.717) is 25.5 Å². The van der Waals surface area contributed by atoms with E-state index < -0.39 is 0 Å². The van der Waals surface area contributed by atoms with Crippen LogP contribution < -0.4 is 14.3 Å². The highest BCUT2D eigenvalue weighted by Gasteiger charge is 2.14. The lowest BCUT2D eigenvalue weighted by Crippen LogP contribution is -2.16. The van der Waals surface area contributed by atoms with Gasteiger partial charge in [-0.15, -0.1) is 11.3 Å². The number of rotatable bonds is 5. The maximum absolute atomic E-state index is 12.4. The number of thiophene rings is 1. The molecule has 132 valence electrons. The smallest absolute Gasteiger partial charge is 0.289 e. The number of amides is 1. The zero-order chi connectivity index (χ0) is 18.0. The standard InChI is InChI=1S/C17H17ClN2O3S2/c1-4-7-20-10-8-11(22-2)12(23-3)9-14(10)25-17(20)19-16(21)13-5-6-15(18)24-13/h5-6,8-9H,4,7H2,1-3H3. The summed E-state index contributed by atoms with van der Waals surface area (Å²) >= 11 is 8.60. The Bertz CT molecular complexity index is 988. The summed E-state index contributed by atoms with van der Waals surface area (Å²) in [6.07, 6.45) is 0.923. The molecule has 0 N–H and O–H groups in total. The van der Waals surface area contributed by atoms with Crippen LogP contribution in [-0.2, 0) is 6.54 Å². The summed E-state index contributed by atoms with van der Waals surface area (Å²) in [6, 6.07) is 7.24. The lowest BCUT2D eigenvalue weighted by molar-refractivity contribution is 0.100. The molecule has 0 bridgehead atoms. The Morgan fingerprint density at radius 3 is 2.52 bits per heavy atom. The number of aromatic nitrogens is 1. The van der Waals surface area contributed by atoms with Crippen LogP contribution in [0.4, 0.5) is 0 Å². The van der Waals surface area contributed by atoms with Crippen molar-refractivity contribution < 1.29 is 14.3 Å². The minimum atomic E-state index is -0.285. The van der Waals surface area contributed by atoms with Crippen LogP contribution in [0.25, 0.3) is 10.2 Å². The molecule has 1 amide bonds. The molecule has 0 unspecified atom stereocenters. The predicted octanol–water partition coefficient (Wildman–Crippen LogP) is 4.59. The molecule has 8 heteroatoms. The number of methoxy groups -OCH3 is 2. The van der Waals surface area contributed by atoms with E-state index in [1.165, 1.54) is 22.7 Å². The maximum atomic E-state index is 12.4. The van der Waals surface area contributed by atoms with Crippen molar-refractivity contribution in [3.05, 3.63) is 38.3 Å². The van der Waals surface area contributed by atoms with E-state index in [2.05, 4.69) is 11.9 Å². The van der Waals surface area contributed by atoms with Crippen LogP contribution in [0.3, 0.4) is 0 Å². The predicted molar refractivity (Wildman–Crippen MR) is 102 cm³/mol. The van der Waals surface area contributed by atoms with Gasteiger partial charge in [-0.2, -0.15) is 4.99 Å². The largest absolute Gasteiger partial charge is 0.493 e. The number of halogens is 1. The van der Waals surface area contributed by atoms with Gasteiger partial charge in [0.05, 0.1) is 33.6 Å². The summed E-state index contributed by atoms with van der Waals surface area (Å²) in [6.45, 7) is 2.84. The molecule has 0 saturated carbocycles. The van der Waals surface area contributed by atoms with Gasteiger partial charge >= 0.3 is 0 Å². The molecule has 3 aromatic rings. The molecule has 0 fully saturated rings. The molecule has 2 aromatic heterocycles. The van der Waals surface area contributed by atoms with E-state index >= 15 is 0 Å². The summed E-state index contributed by atoms with van der Waals surface area (Å²) in [5, 5.41) is 0. The lowest BCUT2D eigenvalue weighted by atomic mass is 10.3. The summed E-state index contributed by atoms with van der Waals surface area (Å²) < 4.78 is 14.4. The van der Waals surface area contributed by atoms with Crippen LogP contribution in [-0.4, -0.2) is 24.7 Å². The van der Waals surface area contributed by atoms with Crippen molar-refractivity contribution in [2.75, 3.05) is 14.2 Å². The highest BCUT2D eigenvalue weighted by atomic mass is 35.5. The molecule has 25 heavy (non-hydrogen) atoms. The Kier molecular flexibility index (Phi) is 5.46. The van der Waals surface area contributed by atoms with Crippen molar-refractivity contribution in [2.45, 2.75) is 19.9 Å². The molecule has 0 atom stereocenters. The SMILES string of the molecule is CCCn1c(=NC(=O)c2ccc(Cl)s2)sc2cc(OC)c(OC)cc21. The van der Waals surface area contributed by atoms with Gasteiger partial charge in [0.25, 0.3) is 5.91 Å².